The third-order valence-corrected chi connectivity index (χ3v) is 5.66. The van der Waals surface area contributed by atoms with Crippen LogP contribution in [-0.4, -0.2) is 13.4 Å². The van der Waals surface area contributed by atoms with Crippen LogP contribution in [0.15, 0.2) is 33.9 Å². The van der Waals surface area contributed by atoms with Crippen LogP contribution in [0.4, 0.5) is 11.4 Å². The van der Waals surface area contributed by atoms with Gasteiger partial charge in [0.1, 0.15) is 9.50 Å². The van der Waals surface area contributed by atoms with Gasteiger partial charge in [0, 0.05) is 0 Å². The number of sulfonamides is 1. The summed E-state index contributed by atoms with van der Waals surface area (Å²) in [4.78, 5) is 4.19. The number of rotatable bonds is 3. The fourth-order valence-electron chi connectivity index (χ4n) is 1.99. The number of hydrogen-bond donors (Lipinski definition) is 2. The predicted molar refractivity (Wildman–Crippen MR) is 87.8 cm³/mol. The SMILES string of the molecule is Cc1cc(NS(=O)(=O)c2c(N)ccc(C)c2C)cnc1Br. The Bertz CT molecular complexity index is 804. The summed E-state index contributed by atoms with van der Waals surface area (Å²) in [5.74, 6) is 0. The molecule has 0 atom stereocenters. The molecule has 7 heteroatoms. The molecule has 2 aromatic rings. The van der Waals surface area contributed by atoms with Gasteiger partial charge in [-0.25, -0.2) is 13.4 Å². The fourth-order valence-corrected chi connectivity index (χ4v) is 3.67. The lowest BCUT2D eigenvalue weighted by Crippen LogP contribution is -2.17. The van der Waals surface area contributed by atoms with Crippen molar-refractivity contribution in [3.05, 3.63) is 45.7 Å². The molecule has 3 N–H and O–H groups in total. The molecule has 1 aromatic carbocycles. The van der Waals surface area contributed by atoms with Crippen LogP contribution in [0.5, 0.6) is 0 Å². The summed E-state index contributed by atoms with van der Waals surface area (Å²) in [5.41, 5.74) is 8.82. The molecule has 0 saturated heterocycles. The summed E-state index contributed by atoms with van der Waals surface area (Å²) in [7, 11) is -3.76. The van der Waals surface area contributed by atoms with Gasteiger partial charge in [-0.15, -0.1) is 0 Å². The van der Waals surface area contributed by atoms with Crippen molar-refractivity contribution in [1.29, 1.82) is 0 Å². The van der Waals surface area contributed by atoms with Gasteiger partial charge in [0.25, 0.3) is 10.0 Å². The molecule has 1 heterocycles. The number of aryl methyl sites for hydroxylation is 2. The first-order valence-electron chi connectivity index (χ1n) is 6.23. The summed E-state index contributed by atoms with van der Waals surface area (Å²) in [6.45, 7) is 5.42. The Morgan fingerprint density at radius 3 is 2.48 bits per heavy atom. The summed E-state index contributed by atoms with van der Waals surface area (Å²) < 4.78 is 28.3. The number of pyridine rings is 1. The van der Waals surface area contributed by atoms with E-state index in [1.165, 1.54) is 6.20 Å². The highest BCUT2D eigenvalue weighted by atomic mass is 79.9. The first-order valence-corrected chi connectivity index (χ1v) is 8.50. The van der Waals surface area contributed by atoms with Crippen LogP contribution >= 0.6 is 15.9 Å². The number of aromatic nitrogens is 1. The van der Waals surface area contributed by atoms with Crippen LogP contribution in [0, 0.1) is 20.8 Å². The Kier molecular flexibility index (Phi) is 4.25. The van der Waals surface area contributed by atoms with Crippen LogP contribution in [0.25, 0.3) is 0 Å². The smallest absolute Gasteiger partial charge is 0.264 e. The molecule has 2 rings (SSSR count). The van der Waals surface area contributed by atoms with E-state index in [-0.39, 0.29) is 10.6 Å². The van der Waals surface area contributed by atoms with Crippen LogP contribution in [0.1, 0.15) is 16.7 Å². The third kappa shape index (κ3) is 3.19. The van der Waals surface area contributed by atoms with Gasteiger partial charge in [0.05, 0.1) is 17.6 Å². The molecule has 0 radical (unpaired) electrons. The lowest BCUT2D eigenvalue weighted by atomic mass is 10.1. The molecule has 0 bridgehead atoms. The Hall–Kier alpha value is -1.60. The second-order valence-electron chi connectivity index (χ2n) is 4.86. The second-order valence-corrected chi connectivity index (χ2v) is 7.23. The zero-order valence-corrected chi connectivity index (χ0v) is 14.3. The lowest BCUT2D eigenvalue weighted by molar-refractivity contribution is 0.601. The van der Waals surface area contributed by atoms with Crippen molar-refractivity contribution in [2.45, 2.75) is 25.7 Å². The van der Waals surface area contributed by atoms with Crippen LogP contribution < -0.4 is 10.5 Å². The summed E-state index contributed by atoms with van der Waals surface area (Å²) in [5, 5.41) is 0. The topological polar surface area (TPSA) is 85.1 Å². The molecular formula is C14H16BrN3O2S. The number of nitrogens with one attached hydrogen (secondary N) is 1. The number of benzene rings is 1. The largest absolute Gasteiger partial charge is 0.398 e. The van der Waals surface area contributed by atoms with Crippen molar-refractivity contribution in [1.82, 2.24) is 4.98 Å². The first kappa shape index (κ1) is 15.8. The molecule has 112 valence electrons. The van der Waals surface area contributed by atoms with Crippen molar-refractivity contribution in [3.8, 4) is 0 Å². The standard InChI is InChI=1S/C14H16BrN3O2S/c1-8-4-5-12(16)13(10(8)3)21(19,20)18-11-6-9(2)14(15)17-7-11/h4-7,18H,16H2,1-3H3. The molecule has 5 nitrogen and oxygen atoms in total. The normalized spacial score (nSPS) is 11.4. The van der Waals surface area contributed by atoms with Gasteiger partial charge in [-0.05, 0) is 65.5 Å². The van der Waals surface area contributed by atoms with Gasteiger partial charge in [-0.2, -0.15) is 0 Å². The molecule has 0 aliphatic heterocycles. The minimum atomic E-state index is -3.76. The van der Waals surface area contributed by atoms with E-state index in [1.54, 1.807) is 25.1 Å². The molecular weight excluding hydrogens is 354 g/mol. The first-order chi connectivity index (χ1) is 9.72. The van der Waals surface area contributed by atoms with Crippen molar-refractivity contribution in [2.24, 2.45) is 0 Å². The summed E-state index contributed by atoms with van der Waals surface area (Å²) in [6.07, 6.45) is 1.45. The maximum atomic E-state index is 12.6. The van der Waals surface area contributed by atoms with E-state index in [0.717, 1.165) is 11.1 Å². The Balaban J connectivity index is 2.48. The fraction of sp³-hybridized carbons (Fsp3) is 0.214. The Morgan fingerprint density at radius 1 is 1.19 bits per heavy atom. The zero-order chi connectivity index (χ0) is 15.8. The second kappa shape index (κ2) is 5.65. The van der Waals surface area contributed by atoms with E-state index in [4.69, 9.17) is 5.73 Å². The van der Waals surface area contributed by atoms with Gasteiger partial charge < -0.3 is 5.73 Å². The van der Waals surface area contributed by atoms with E-state index in [0.29, 0.717) is 15.9 Å². The Labute approximate surface area is 132 Å². The number of nitrogens with two attached hydrogens (primary N) is 1. The third-order valence-electron chi connectivity index (χ3n) is 3.24. The van der Waals surface area contributed by atoms with Gasteiger partial charge in [0.15, 0.2) is 0 Å². The van der Waals surface area contributed by atoms with Gasteiger partial charge in [-0.1, -0.05) is 6.07 Å². The van der Waals surface area contributed by atoms with Crippen molar-refractivity contribution in [2.75, 3.05) is 10.5 Å². The van der Waals surface area contributed by atoms with E-state index in [2.05, 4.69) is 25.6 Å². The summed E-state index contributed by atoms with van der Waals surface area (Å²) in [6, 6.07) is 5.10. The van der Waals surface area contributed by atoms with E-state index in [9.17, 15) is 8.42 Å². The molecule has 0 unspecified atom stereocenters. The minimum Gasteiger partial charge on any atom is -0.398 e. The quantitative estimate of drug-likeness (QED) is 0.642. The molecule has 0 aliphatic rings. The molecule has 0 amide bonds. The molecule has 0 fully saturated rings. The maximum Gasteiger partial charge on any atom is 0.264 e. The van der Waals surface area contributed by atoms with Gasteiger partial charge >= 0.3 is 0 Å². The van der Waals surface area contributed by atoms with Crippen LogP contribution in [0.2, 0.25) is 0 Å². The highest BCUT2D eigenvalue weighted by Crippen LogP contribution is 2.27. The van der Waals surface area contributed by atoms with Crippen LogP contribution in [0.3, 0.4) is 0 Å². The lowest BCUT2D eigenvalue weighted by Gasteiger charge is -2.14. The van der Waals surface area contributed by atoms with Crippen molar-refractivity contribution in [3.63, 3.8) is 0 Å². The van der Waals surface area contributed by atoms with E-state index >= 15 is 0 Å². The number of anilines is 2. The number of hydrogen-bond acceptors (Lipinski definition) is 4. The molecule has 1 aromatic heterocycles. The van der Waals surface area contributed by atoms with Crippen molar-refractivity contribution < 1.29 is 8.42 Å². The zero-order valence-electron chi connectivity index (χ0n) is 11.9. The average molecular weight is 370 g/mol. The average Bonchev–Trinajstić information content (AvgIpc) is 2.38. The van der Waals surface area contributed by atoms with Gasteiger partial charge in [-0.3, -0.25) is 4.72 Å². The van der Waals surface area contributed by atoms with E-state index < -0.39 is 10.0 Å². The maximum absolute atomic E-state index is 12.6. The highest BCUT2D eigenvalue weighted by molar-refractivity contribution is 9.10. The van der Waals surface area contributed by atoms with E-state index in [1.807, 2.05) is 13.8 Å². The molecule has 0 aliphatic carbocycles. The molecule has 0 spiro atoms. The number of nitrogens with zero attached hydrogens (tertiary/aromatic N) is 1. The monoisotopic (exact) mass is 369 g/mol. The number of nitrogen functional groups attached to an aromatic ring is 1. The minimum absolute atomic E-state index is 0.114. The molecule has 21 heavy (non-hydrogen) atoms. The molecule has 0 saturated carbocycles. The van der Waals surface area contributed by atoms with Crippen LogP contribution in [-0.2, 0) is 10.0 Å². The van der Waals surface area contributed by atoms with Gasteiger partial charge in [0.2, 0.25) is 0 Å². The van der Waals surface area contributed by atoms with Crippen molar-refractivity contribution >= 4 is 37.3 Å². The predicted octanol–water partition coefficient (Wildman–Crippen LogP) is 3.15. The Morgan fingerprint density at radius 2 is 1.86 bits per heavy atom. The number of halogens is 1. The summed E-state index contributed by atoms with van der Waals surface area (Å²) >= 11 is 3.28. The highest BCUT2D eigenvalue weighted by Gasteiger charge is 2.21.